The molecule has 0 aliphatic rings. The first-order valence-electron chi connectivity index (χ1n) is 6.63. The van der Waals surface area contributed by atoms with Crippen molar-refractivity contribution < 1.29 is 0 Å². The van der Waals surface area contributed by atoms with Gasteiger partial charge in [0.15, 0.2) is 0 Å². The van der Waals surface area contributed by atoms with Crippen LogP contribution in [0.5, 0.6) is 0 Å². The predicted molar refractivity (Wildman–Crippen MR) is 69.4 cm³/mol. The summed E-state index contributed by atoms with van der Waals surface area (Å²) >= 11 is 0. The average Bonchev–Trinajstić information content (AvgIpc) is 2.26. The number of nitrogens with zero attached hydrogens (tertiary/aromatic N) is 1. The highest BCUT2D eigenvalue weighted by atomic mass is 15.2. The van der Waals surface area contributed by atoms with Gasteiger partial charge in [-0.2, -0.15) is 0 Å². The first-order valence-corrected chi connectivity index (χ1v) is 6.63. The Kier molecular flexibility index (Phi) is 9.12. The number of rotatable bonds is 9. The van der Waals surface area contributed by atoms with Gasteiger partial charge in [0.25, 0.3) is 0 Å². The molecule has 2 heteroatoms. The third-order valence-corrected chi connectivity index (χ3v) is 3.20. The summed E-state index contributed by atoms with van der Waals surface area (Å²) in [4.78, 5) is 2.57. The van der Waals surface area contributed by atoms with Crippen molar-refractivity contribution in [2.45, 2.75) is 66.0 Å². The van der Waals surface area contributed by atoms with Crippen molar-refractivity contribution in [1.82, 2.24) is 10.2 Å². The van der Waals surface area contributed by atoms with E-state index in [2.05, 4.69) is 44.8 Å². The second-order valence-corrected chi connectivity index (χ2v) is 4.55. The van der Waals surface area contributed by atoms with Crippen LogP contribution >= 0.6 is 0 Å². The zero-order valence-electron chi connectivity index (χ0n) is 11.3. The Hall–Kier alpha value is -0.0800. The second kappa shape index (κ2) is 9.17. The van der Waals surface area contributed by atoms with E-state index in [9.17, 15) is 0 Å². The number of hydrogen-bond acceptors (Lipinski definition) is 2. The van der Waals surface area contributed by atoms with Crippen LogP contribution in [0.1, 0.15) is 53.9 Å². The highest BCUT2D eigenvalue weighted by Crippen LogP contribution is 2.01. The largest absolute Gasteiger partial charge is 0.313 e. The van der Waals surface area contributed by atoms with E-state index in [0.717, 1.165) is 6.54 Å². The molecule has 0 aromatic rings. The molecule has 0 aromatic carbocycles. The first kappa shape index (κ1) is 14.9. The number of unbranched alkanes of at least 4 members (excludes halogenated alkanes) is 1. The minimum Gasteiger partial charge on any atom is -0.313 e. The summed E-state index contributed by atoms with van der Waals surface area (Å²) in [5, 5.41) is 3.58. The first-order chi connectivity index (χ1) is 7.15. The Labute approximate surface area is 96.4 Å². The molecule has 0 spiro atoms. The van der Waals surface area contributed by atoms with E-state index in [-0.39, 0.29) is 0 Å². The Bertz CT molecular complexity index is 136. The monoisotopic (exact) mass is 214 g/mol. The minimum atomic E-state index is 0.650. The molecular formula is C13H30N2. The summed E-state index contributed by atoms with van der Waals surface area (Å²) in [6.07, 6.45) is 3.83. The quantitative estimate of drug-likeness (QED) is 0.635. The van der Waals surface area contributed by atoms with Gasteiger partial charge in [0, 0.05) is 18.6 Å². The molecule has 0 amide bonds. The van der Waals surface area contributed by atoms with E-state index in [1.807, 2.05) is 0 Å². The fourth-order valence-electron chi connectivity index (χ4n) is 1.70. The van der Waals surface area contributed by atoms with Gasteiger partial charge in [0.2, 0.25) is 0 Å². The van der Waals surface area contributed by atoms with Crippen molar-refractivity contribution in [3.63, 3.8) is 0 Å². The van der Waals surface area contributed by atoms with E-state index in [0.29, 0.717) is 12.1 Å². The summed E-state index contributed by atoms with van der Waals surface area (Å²) in [6, 6.07) is 1.31. The Morgan fingerprint density at radius 2 is 1.80 bits per heavy atom. The lowest BCUT2D eigenvalue weighted by Crippen LogP contribution is -2.43. The SMILES string of the molecule is CCCCN(CC)C(C)CNC(C)CC. The highest BCUT2D eigenvalue weighted by molar-refractivity contribution is 4.70. The molecule has 2 nitrogen and oxygen atoms in total. The third-order valence-electron chi connectivity index (χ3n) is 3.20. The van der Waals surface area contributed by atoms with E-state index >= 15 is 0 Å². The number of likely N-dealkylation sites (N-methyl/N-ethyl adjacent to an activating group) is 1. The van der Waals surface area contributed by atoms with Crippen LogP contribution < -0.4 is 5.32 Å². The highest BCUT2D eigenvalue weighted by Gasteiger charge is 2.11. The van der Waals surface area contributed by atoms with Crippen LogP contribution in [0.15, 0.2) is 0 Å². The maximum absolute atomic E-state index is 3.58. The summed E-state index contributed by atoms with van der Waals surface area (Å²) < 4.78 is 0. The lowest BCUT2D eigenvalue weighted by Gasteiger charge is -2.29. The molecule has 1 N–H and O–H groups in total. The maximum Gasteiger partial charge on any atom is 0.0192 e. The van der Waals surface area contributed by atoms with E-state index < -0.39 is 0 Å². The van der Waals surface area contributed by atoms with Gasteiger partial charge in [-0.05, 0) is 39.8 Å². The standard InChI is InChI=1S/C13H30N2/c1-6-9-10-15(8-3)13(5)11-14-12(4)7-2/h12-14H,6-11H2,1-5H3. The molecule has 0 bridgehead atoms. The lowest BCUT2D eigenvalue weighted by molar-refractivity contribution is 0.208. The van der Waals surface area contributed by atoms with Gasteiger partial charge in [-0.25, -0.2) is 0 Å². The van der Waals surface area contributed by atoms with Crippen molar-refractivity contribution in [1.29, 1.82) is 0 Å². The van der Waals surface area contributed by atoms with Crippen LogP contribution in [0.3, 0.4) is 0 Å². The molecule has 92 valence electrons. The van der Waals surface area contributed by atoms with Crippen molar-refractivity contribution in [2.24, 2.45) is 0 Å². The Morgan fingerprint density at radius 1 is 1.13 bits per heavy atom. The molecule has 0 radical (unpaired) electrons. The molecule has 0 saturated carbocycles. The average molecular weight is 214 g/mol. The van der Waals surface area contributed by atoms with Crippen LogP contribution in [0.25, 0.3) is 0 Å². The fourth-order valence-corrected chi connectivity index (χ4v) is 1.70. The third kappa shape index (κ3) is 6.91. The topological polar surface area (TPSA) is 15.3 Å². The van der Waals surface area contributed by atoms with Gasteiger partial charge < -0.3 is 5.32 Å². The van der Waals surface area contributed by atoms with Crippen molar-refractivity contribution in [2.75, 3.05) is 19.6 Å². The molecule has 0 aliphatic heterocycles. The molecule has 0 aromatic heterocycles. The zero-order valence-corrected chi connectivity index (χ0v) is 11.3. The number of hydrogen-bond donors (Lipinski definition) is 1. The van der Waals surface area contributed by atoms with Crippen LogP contribution in [0.4, 0.5) is 0 Å². The van der Waals surface area contributed by atoms with Crippen LogP contribution in [0, 0.1) is 0 Å². The number of nitrogens with one attached hydrogen (secondary N) is 1. The fraction of sp³-hybridized carbons (Fsp3) is 1.00. The molecule has 0 fully saturated rings. The van der Waals surface area contributed by atoms with Crippen molar-refractivity contribution >= 4 is 0 Å². The van der Waals surface area contributed by atoms with E-state index in [4.69, 9.17) is 0 Å². The van der Waals surface area contributed by atoms with Crippen LogP contribution in [-0.2, 0) is 0 Å². The summed E-state index contributed by atoms with van der Waals surface area (Å²) in [6.45, 7) is 14.9. The van der Waals surface area contributed by atoms with Crippen LogP contribution in [-0.4, -0.2) is 36.6 Å². The molecule has 2 atom stereocenters. The smallest absolute Gasteiger partial charge is 0.0192 e. The minimum absolute atomic E-state index is 0.650. The van der Waals surface area contributed by atoms with Crippen molar-refractivity contribution in [3.8, 4) is 0 Å². The van der Waals surface area contributed by atoms with Crippen molar-refractivity contribution in [3.05, 3.63) is 0 Å². The normalized spacial score (nSPS) is 15.6. The van der Waals surface area contributed by atoms with Gasteiger partial charge in [0.1, 0.15) is 0 Å². The zero-order chi connectivity index (χ0) is 11.7. The summed E-state index contributed by atoms with van der Waals surface area (Å²) in [7, 11) is 0. The Balaban J connectivity index is 3.76. The maximum atomic E-state index is 3.58. The molecule has 0 rings (SSSR count). The molecule has 15 heavy (non-hydrogen) atoms. The van der Waals surface area contributed by atoms with Gasteiger partial charge in [-0.1, -0.05) is 27.2 Å². The van der Waals surface area contributed by atoms with Gasteiger partial charge in [-0.3, -0.25) is 4.90 Å². The summed E-state index contributed by atoms with van der Waals surface area (Å²) in [5.74, 6) is 0. The lowest BCUT2D eigenvalue weighted by atomic mass is 10.2. The van der Waals surface area contributed by atoms with Gasteiger partial charge >= 0.3 is 0 Å². The Morgan fingerprint density at radius 3 is 2.27 bits per heavy atom. The molecule has 0 saturated heterocycles. The summed E-state index contributed by atoms with van der Waals surface area (Å²) in [5.41, 5.74) is 0. The van der Waals surface area contributed by atoms with E-state index in [1.165, 1.54) is 32.4 Å². The van der Waals surface area contributed by atoms with E-state index in [1.54, 1.807) is 0 Å². The molecular weight excluding hydrogens is 184 g/mol. The molecule has 0 aliphatic carbocycles. The predicted octanol–water partition coefficient (Wildman–Crippen LogP) is 2.89. The molecule has 0 heterocycles. The second-order valence-electron chi connectivity index (χ2n) is 4.55. The van der Waals surface area contributed by atoms with Gasteiger partial charge in [0.05, 0.1) is 0 Å². The molecule has 2 unspecified atom stereocenters. The van der Waals surface area contributed by atoms with Gasteiger partial charge in [-0.15, -0.1) is 0 Å². The van der Waals surface area contributed by atoms with Crippen LogP contribution in [0.2, 0.25) is 0 Å².